The molecule has 0 saturated carbocycles. The van der Waals surface area contributed by atoms with Crippen molar-refractivity contribution in [3.05, 3.63) is 48.2 Å². The summed E-state index contributed by atoms with van der Waals surface area (Å²) in [4.78, 5) is 3.64. The average molecular weight is 300 g/mol. The zero-order valence-corrected chi connectivity index (χ0v) is 10.8. The second-order valence-corrected chi connectivity index (χ2v) is 5.30. The van der Waals surface area contributed by atoms with Crippen LogP contribution in [-0.2, 0) is 10.0 Å². The number of benzene rings is 1. The number of hydrazine groups is 1. The van der Waals surface area contributed by atoms with Gasteiger partial charge in [-0.05, 0) is 24.3 Å². The standard InChI is InChI=1S/C11H10F2N4O2S/c12-7-3-1-4-8(13)10(7)17-20(18,19)11-9(16-14)5-2-6-15-11/h1-6,16-17H,14H2. The number of hydrogen-bond acceptors (Lipinski definition) is 5. The van der Waals surface area contributed by atoms with Gasteiger partial charge in [-0.25, -0.2) is 13.8 Å². The van der Waals surface area contributed by atoms with Crippen LogP contribution in [0.1, 0.15) is 0 Å². The van der Waals surface area contributed by atoms with Crippen molar-refractivity contribution in [3.8, 4) is 0 Å². The Morgan fingerprint density at radius 3 is 2.35 bits per heavy atom. The Balaban J connectivity index is 2.47. The van der Waals surface area contributed by atoms with Crippen molar-refractivity contribution in [2.75, 3.05) is 10.1 Å². The summed E-state index contributed by atoms with van der Waals surface area (Å²) in [6.07, 6.45) is 1.22. The van der Waals surface area contributed by atoms with E-state index in [1.165, 1.54) is 18.3 Å². The zero-order valence-electron chi connectivity index (χ0n) is 9.97. The molecule has 0 bridgehead atoms. The number of nitrogens with zero attached hydrogens (tertiary/aromatic N) is 1. The molecule has 0 aliphatic rings. The topological polar surface area (TPSA) is 97.1 Å². The van der Waals surface area contributed by atoms with E-state index < -0.39 is 32.4 Å². The molecule has 2 aromatic rings. The molecule has 0 fully saturated rings. The zero-order chi connectivity index (χ0) is 14.8. The van der Waals surface area contributed by atoms with Crippen molar-refractivity contribution < 1.29 is 17.2 Å². The van der Waals surface area contributed by atoms with Crippen LogP contribution in [0.25, 0.3) is 0 Å². The van der Waals surface area contributed by atoms with Crippen molar-refractivity contribution in [1.29, 1.82) is 0 Å². The molecule has 20 heavy (non-hydrogen) atoms. The van der Waals surface area contributed by atoms with Crippen LogP contribution in [0, 0.1) is 11.6 Å². The van der Waals surface area contributed by atoms with E-state index in [0.29, 0.717) is 0 Å². The largest absolute Gasteiger partial charge is 0.321 e. The predicted octanol–water partition coefficient (Wildman–Crippen LogP) is 1.45. The number of rotatable bonds is 4. The molecule has 0 saturated heterocycles. The van der Waals surface area contributed by atoms with Crippen molar-refractivity contribution in [2.24, 2.45) is 5.84 Å². The lowest BCUT2D eigenvalue weighted by Crippen LogP contribution is -2.20. The van der Waals surface area contributed by atoms with Crippen LogP contribution < -0.4 is 16.0 Å². The van der Waals surface area contributed by atoms with E-state index in [0.717, 1.165) is 18.2 Å². The van der Waals surface area contributed by atoms with Gasteiger partial charge in [0.25, 0.3) is 10.0 Å². The Morgan fingerprint density at radius 1 is 1.10 bits per heavy atom. The van der Waals surface area contributed by atoms with Crippen LogP contribution in [-0.4, -0.2) is 13.4 Å². The summed E-state index contributed by atoms with van der Waals surface area (Å²) in [6, 6.07) is 5.80. The molecule has 0 radical (unpaired) electrons. The van der Waals surface area contributed by atoms with Crippen molar-refractivity contribution >= 4 is 21.4 Å². The van der Waals surface area contributed by atoms with Crippen LogP contribution in [0.3, 0.4) is 0 Å². The van der Waals surface area contributed by atoms with E-state index in [1.807, 2.05) is 4.72 Å². The monoisotopic (exact) mass is 300 g/mol. The maximum atomic E-state index is 13.5. The number of aromatic nitrogens is 1. The minimum Gasteiger partial charge on any atom is -0.321 e. The number of sulfonamides is 1. The van der Waals surface area contributed by atoms with Gasteiger partial charge in [0.15, 0.2) is 0 Å². The Bertz CT molecular complexity index is 717. The number of hydrogen-bond donors (Lipinski definition) is 3. The van der Waals surface area contributed by atoms with Gasteiger partial charge < -0.3 is 5.43 Å². The lowest BCUT2D eigenvalue weighted by molar-refractivity contribution is 0.581. The molecule has 1 aromatic carbocycles. The van der Waals surface area contributed by atoms with Gasteiger partial charge in [0.1, 0.15) is 17.3 Å². The van der Waals surface area contributed by atoms with E-state index in [1.54, 1.807) is 0 Å². The first kappa shape index (κ1) is 14.2. The van der Waals surface area contributed by atoms with Gasteiger partial charge in [-0.1, -0.05) is 6.07 Å². The Morgan fingerprint density at radius 2 is 1.75 bits per heavy atom. The summed E-state index contributed by atoms with van der Waals surface area (Å²) in [5.41, 5.74) is 1.37. The highest BCUT2D eigenvalue weighted by Gasteiger charge is 2.23. The highest BCUT2D eigenvalue weighted by atomic mass is 32.2. The van der Waals surface area contributed by atoms with Gasteiger partial charge in [-0.2, -0.15) is 8.42 Å². The highest BCUT2D eigenvalue weighted by Crippen LogP contribution is 2.24. The van der Waals surface area contributed by atoms with E-state index in [9.17, 15) is 17.2 Å². The summed E-state index contributed by atoms with van der Waals surface area (Å²) in [5, 5.41) is -0.467. The third-order valence-electron chi connectivity index (χ3n) is 2.38. The Labute approximate surface area is 113 Å². The fourth-order valence-corrected chi connectivity index (χ4v) is 2.67. The molecule has 4 N–H and O–H groups in total. The SMILES string of the molecule is NNc1cccnc1S(=O)(=O)Nc1c(F)cccc1F. The molecule has 0 atom stereocenters. The summed E-state index contributed by atoms with van der Waals surface area (Å²) in [6.45, 7) is 0. The van der Waals surface area contributed by atoms with E-state index in [2.05, 4.69) is 10.4 Å². The number of pyridine rings is 1. The molecule has 0 aliphatic heterocycles. The predicted molar refractivity (Wildman–Crippen MR) is 69.2 cm³/mol. The van der Waals surface area contributed by atoms with E-state index >= 15 is 0 Å². The Hall–Kier alpha value is -2.26. The third kappa shape index (κ3) is 2.68. The van der Waals surface area contributed by atoms with Gasteiger partial charge >= 0.3 is 0 Å². The maximum absolute atomic E-state index is 13.5. The van der Waals surface area contributed by atoms with Crippen molar-refractivity contribution in [3.63, 3.8) is 0 Å². The molecule has 106 valence electrons. The molecule has 0 amide bonds. The van der Waals surface area contributed by atoms with Gasteiger partial charge in [-0.3, -0.25) is 10.6 Å². The highest BCUT2D eigenvalue weighted by molar-refractivity contribution is 7.92. The first-order valence-electron chi connectivity index (χ1n) is 5.34. The molecule has 0 spiro atoms. The first-order chi connectivity index (χ1) is 9.45. The normalized spacial score (nSPS) is 11.2. The van der Waals surface area contributed by atoms with E-state index in [-0.39, 0.29) is 5.69 Å². The van der Waals surface area contributed by atoms with Gasteiger partial charge in [0, 0.05) is 6.20 Å². The summed E-state index contributed by atoms with van der Waals surface area (Å²) >= 11 is 0. The smallest absolute Gasteiger partial charge is 0.281 e. The quantitative estimate of drug-likeness (QED) is 0.586. The lowest BCUT2D eigenvalue weighted by Gasteiger charge is -2.11. The van der Waals surface area contributed by atoms with Crippen LogP contribution in [0.4, 0.5) is 20.2 Å². The molecular formula is C11H10F2N4O2S. The van der Waals surface area contributed by atoms with Crippen LogP contribution in [0.15, 0.2) is 41.6 Å². The fraction of sp³-hybridized carbons (Fsp3) is 0. The molecule has 2 rings (SSSR count). The molecule has 0 aliphatic carbocycles. The maximum Gasteiger partial charge on any atom is 0.281 e. The lowest BCUT2D eigenvalue weighted by atomic mass is 10.3. The van der Waals surface area contributed by atoms with Crippen molar-refractivity contribution in [2.45, 2.75) is 5.03 Å². The third-order valence-corrected chi connectivity index (χ3v) is 3.69. The number of nitrogen functional groups attached to an aromatic ring is 1. The summed E-state index contributed by atoms with van der Waals surface area (Å²) in [5.74, 6) is 3.10. The second-order valence-electron chi connectivity index (χ2n) is 3.70. The Kier molecular flexibility index (Phi) is 3.81. The molecular weight excluding hydrogens is 290 g/mol. The molecule has 1 heterocycles. The van der Waals surface area contributed by atoms with Crippen LogP contribution in [0.2, 0.25) is 0 Å². The molecule has 9 heteroatoms. The number of nitrogens with one attached hydrogen (secondary N) is 2. The minimum atomic E-state index is -4.28. The van der Waals surface area contributed by atoms with Crippen molar-refractivity contribution in [1.82, 2.24) is 4.98 Å². The van der Waals surface area contributed by atoms with Crippen LogP contribution >= 0.6 is 0 Å². The number of para-hydroxylation sites is 1. The number of nitrogens with two attached hydrogens (primary N) is 1. The van der Waals surface area contributed by atoms with E-state index in [4.69, 9.17) is 5.84 Å². The molecule has 6 nitrogen and oxygen atoms in total. The first-order valence-corrected chi connectivity index (χ1v) is 6.82. The van der Waals surface area contributed by atoms with Gasteiger partial charge in [0.05, 0.1) is 5.69 Å². The fourth-order valence-electron chi connectivity index (χ4n) is 1.49. The minimum absolute atomic E-state index is 0.00301. The second kappa shape index (κ2) is 5.39. The van der Waals surface area contributed by atoms with Gasteiger partial charge in [0.2, 0.25) is 5.03 Å². The van der Waals surface area contributed by atoms with Gasteiger partial charge in [-0.15, -0.1) is 0 Å². The average Bonchev–Trinajstić information content (AvgIpc) is 2.43. The molecule has 0 unspecified atom stereocenters. The summed E-state index contributed by atoms with van der Waals surface area (Å²) < 4.78 is 52.9. The summed E-state index contributed by atoms with van der Waals surface area (Å²) in [7, 11) is -4.28. The van der Waals surface area contributed by atoms with Crippen LogP contribution in [0.5, 0.6) is 0 Å². The molecule has 1 aromatic heterocycles. The number of halogens is 2. The number of anilines is 2.